The summed E-state index contributed by atoms with van der Waals surface area (Å²) in [5.41, 5.74) is 0.846. The van der Waals surface area contributed by atoms with Crippen LogP contribution in [0.25, 0.3) is 0 Å². The van der Waals surface area contributed by atoms with Gasteiger partial charge in [-0.25, -0.2) is 4.79 Å². The molecule has 9 heteroatoms. The fourth-order valence-corrected chi connectivity index (χ4v) is 2.55. The number of hydrogen-bond acceptors (Lipinski definition) is 5. The predicted octanol–water partition coefficient (Wildman–Crippen LogP) is 1.83. The highest BCUT2D eigenvalue weighted by Gasteiger charge is 2.39. The second-order valence-electron chi connectivity index (χ2n) is 5.57. The van der Waals surface area contributed by atoms with Gasteiger partial charge < -0.3 is 10.6 Å². The summed E-state index contributed by atoms with van der Waals surface area (Å²) >= 11 is 0. The molecule has 9 nitrogen and oxygen atoms in total. The Hall–Kier alpha value is -3.75. The Labute approximate surface area is 147 Å². The number of carbonyl (C=O) groups is 3. The third-order valence-corrected chi connectivity index (χ3v) is 3.82. The first-order valence-electron chi connectivity index (χ1n) is 7.67. The second kappa shape index (κ2) is 7.01. The van der Waals surface area contributed by atoms with Crippen LogP contribution >= 0.6 is 0 Å². The highest BCUT2D eigenvalue weighted by atomic mass is 16.6. The number of rotatable bonds is 5. The Bertz CT molecular complexity index is 866. The van der Waals surface area contributed by atoms with Gasteiger partial charge in [0.2, 0.25) is 5.91 Å². The van der Waals surface area contributed by atoms with E-state index in [0.717, 1.165) is 4.90 Å². The number of anilines is 1. The van der Waals surface area contributed by atoms with Crippen LogP contribution < -0.4 is 10.6 Å². The third-order valence-electron chi connectivity index (χ3n) is 3.82. The van der Waals surface area contributed by atoms with Crippen LogP contribution in [-0.4, -0.2) is 34.2 Å². The lowest BCUT2D eigenvalue weighted by Crippen LogP contribution is -2.38. The zero-order valence-electron chi connectivity index (χ0n) is 13.4. The number of nitrogens with one attached hydrogen (secondary N) is 2. The number of nitrogens with zero attached hydrogens (tertiary/aromatic N) is 2. The van der Waals surface area contributed by atoms with Gasteiger partial charge in [0.05, 0.1) is 4.92 Å². The number of amides is 4. The summed E-state index contributed by atoms with van der Waals surface area (Å²) < 4.78 is 0. The van der Waals surface area contributed by atoms with Gasteiger partial charge >= 0.3 is 6.03 Å². The molecule has 0 aromatic heterocycles. The maximum Gasteiger partial charge on any atom is 0.325 e. The lowest BCUT2D eigenvalue weighted by molar-refractivity contribution is -0.384. The van der Waals surface area contributed by atoms with Crippen LogP contribution in [0.15, 0.2) is 54.6 Å². The van der Waals surface area contributed by atoms with Crippen molar-refractivity contribution in [3.05, 3.63) is 70.3 Å². The fourth-order valence-electron chi connectivity index (χ4n) is 2.55. The number of carbonyl (C=O) groups excluding carboxylic acids is 3. The van der Waals surface area contributed by atoms with Crippen LogP contribution in [0, 0.1) is 10.1 Å². The molecule has 3 rings (SSSR count). The molecule has 132 valence electrons. The van der Waals surface area contributed by atoms with Crippen molar-refractivity contribution >= 4 is 29.2 Å². The molecule has 2 N–H and O–H groups in total. The van der Waals surface area contributed by atoms with E-state index >= 15 is 0 Å². The van der Waals surface area contributed by atoms with Crippen molar-refractivity contribution in [1.82, 2.24) is 10.2 Å². The van der Waals surface area contributed by atoms with Gasteiger partial charge in [-0.1, -0.05) is 30.3 Å². The normalized spacial score (nSPS) is 16.3. The topological polar surface area (TPSA) is 122 Å². The summed E-state index contributed by atoms with van der Waals surface area (Å²) in [5, 5.41) is 15.7. The predicted molar refractivity (Wildman–Crippen MR) is 91.2 cm³/mol. The van der Waals surface area contributed by atoms with Crippen LogP contribution in [0.1, 0.15) is 11.6 Å². The molecule has 26 heavy (non-hydrogen) atoms. The van der Waals surface area contributed by atoms with Gasteiger partial charge in [-0.2, -0.15) is 0 Å². The van der Waals surface area contributed by atoms with Crippen LogP contribution in [0.2, 0.25) is 0 Å². The van der Waals surface area contributed by atoms with Gasteiger partial charge in [-0.05, 0) is 17.7 Å². The molecule has 0 saturated carbocycles. The molecule has 0 spiro atoms. The van der Waals surface area contributed by atoms with E-state index in [4.69, 9.17) is 0 Å². The monoisotopic (exact) mass is 354 g/mol. The van der Waals surface area contributed by atoms with Gasteiger partial charge in [-0.3, -0.25) is 24.6 Å². The van der Waals surface area contributed by atoms with E-state index in [2.05, 4.69) is 10.6 Å². The van der Waals surface area contributed by atoms with Crippen molar-refractivity contribution in [1.29, 1.82) is 0 Å². The molecule has 1 heterocycles. The minimum Gasteiger partial charge on any atom is -0.325 e. The quantitative estimate of drug-likeness (QED) is 0.482. The fraction of sp³-hybridized carbons (Fsp3) is 0.118. The van der Waals surface area contributed by atoms with Gasteiger partial charge in [0.15, 0.2) is 0 Å². The Kier molecular flexibility index (Phi) is 4.61. The molecule has 2 aromatic rings. The average molecular weight is 354 g/mol. The van der Waals surface area contributed by atoms with Gasteiger partial charge in [-0.15, -0.1) is 0 Å². The van der Waals surface area contributed by atoms with Crippen molar-refractivity contribution < 1.29 is 19.3 Å². The molecule has 1 unspecified atom stereocenters. The Balaban J connectivity index is 1.64. The van der Waals surface area contributed by atoms with Crippen molar-refractivity contribution in [2.24, 2.45) is 0 Å². The van der Waals surface area contributed by atoms with Crippen LogP contribution in [0.4, 0.5) is 16.2 Å². The Morgan fingerprint density at radius 2 is 1.77 bits per heavy atom. The highest BCUT2D eigenvalue weighted by Crippen LogP contribution is 2.21. The maximum atomic E-state index is 12.4. The summed E-state index contributed by atoms with van der Waals surface area (Å²) in [5.74, 6) is -1.10. The molecule has 0 radical (unpaired) electrons. The Morgan fingerprint density at radius 3 is 2.38 bits per heavy atom. The minimum absolute atomic E-state index is 0.109. The molecule has 1 aliphatic heterocycles. The van der Waals surface area contributed by atoms with E-state index < -0.39 is 35.4 Å². The molecule has 2 aromatic carbocycles. The van der Waals surface area contributed by atoms with E-state index in [9.17, 15) is 24.5 Å². The first-order chi connectivity index (χ1) is 12.5. The number of imide groups is 1. The zero-order chi connectivity index (χ0) is 18.7. The van der Waals surface area contributed by atoms with E-state index in [1.165, 1.54) is 24.3 Å². The molecular weight excluding hydrogens is 340 g/mol. The molecule has 1 atom stereocenters. The molecule has 1 fully saturated rings. The largest absolute Gasteiger partial charge is 0.325 e. The van der Waals surface area contributed by atoms with Crippen LogP contribution in [0.3, 0.4) is 0 Å². The SMILES string of the molecule is O=C(CN1C(=O)NC(c2ccccc2)C1=O)Nc1ccc([N+](=O)[O-])cc1. The molecule has 1 aliphatic rings. The molecule has 0 bridgehead atoms. The lowest BCUT2D eigenvalue weighted by atomic mass is 10.1. The van der Waals surface area contributed by atoms with Crippen molar-refractivity contribution in [3.63, 3.8) is 0 Å². The number of benzene rings is 2. The Morgan fingerprint density at radius 1 is 1.12 bits per heavy atom. The van der Waals surface area contributed by atoms with Gasteiger partial charge in [0, 0.05) is 17.8 Å². The molecular formula is C17H14N4O5. The minimum atomic E-state index is -0.823. The lowest BCUT2D eigenvalue weighted by Gasteiger charge is -2.13. The first kappa shape index (κ1) is 17.1. The number of nitro benzene ring substituents is 1. The summed E-state index contributed by atoms with van der Waals surface area (Å²) in [6.45, 7) is -0.453. The van der Waals surface area contributed by atoms with Crippen molar-refractivity contribution in [2.45, 2.75) is 6.04 Å². The second-order valence-corrected chi connectivity index (χ2v) is 5.57. The number of non-ortho nitro benzene ring substituents is 1. The molecule has 4 amide bonds. The van der Waals surface area contributed by atoms with Crippen LogP contribution in [-0.2, 0) is 9.59 Å². The van der Waals surface area contributed by atoms with Crippen LogP contribution in [0.5, 0.6) is 0 Å². The summed E-state index contributed by atoms with van der Waals surface area (Å²) in [4.78, 5) is 47.4. The molecule has 0 aliphatic carbocycles. The summed E-state index contributed by atoms with van der Waals surface area (Å²) in [7, 11) is 0. The summed E-state index contributed by atoms with van der Waals surface area (Å²) in [6.07, 6.45) is 0. The first-order valence-corrected chi connectivity index (χ1v) is 7.67. The number of urea groups is 1. The van der Waals surface area contributed by atoms with Gasteiger partial charge in [0.25, 0.3) is 11.6 Å². The summed E-state index contributed by atoms with van der Waals surface area (Å²) in [6, 6.07) is 12.5. The van der Waals surface area contributed by atoms with Crippen molar-refractivity contribution in [3.8, 4) is 0 Å². The zero-order valence-corrected chi connectivity index (χ0v) is 13.4. The smallest absolute Gasteiger partial charge is 0.325 e. The number of nitro groups is 1. The van der Waals surface area contributed by atoms with Gasteiger partial charge in [0.1, 0.15) is 12.6 Å². The molecule has 1 saturated heterocycles. The van der Waals surface area contributed by atoms with E-state index in [1.54, 1.807) is 30.3 Å². The van der Waals surface area contributed by atoms with E-state index in [0.29, 0.717) is 11.3 Å². The maximum absolute atomic E-state index is 12.4. The average Bonchev–Trinajstić information content (AvgIpc) is 2.91. The third kappa shape index (κ3) is 3.51. The van der Waals surface area contributed by atoms with E-state index in [1.807, 2.05) is 0 Å². The van der Waals surface area contributed by atoms with E-state index in [-0.39, 0.29) is 5.69 Å². The van der Waals surface area contributed by atoms with Crippen molar-refractivity contribution in [2.75, 3.05) is 11.9 Å². The standard InChI is InChI=1S/C17H14N4O5/c22-14(18-12-6-8-13(9-7-12)21(25)26)10-20-16(23)15(19-17(20)24)11-4-2-1-3-5-11/h1-9,15H,10H2,(H,18,22)(H,19,24). The number of hydrogen-bond donors (Lipinski definition) is 2. The highest BCUT2D eigenvalue weighted by molar-refractivity contribution is 6.08.